The van der Waals surface area contributed by atoms with Crippen LogP contribution in [0.5, 0.6) is 0 Å². The minimum absolute atomic E-state index is 0.0121. The molecule has 31 heavy (non-hydrogen) atoms. The van der Waals surface area contributed by atoms with Gasteiger partial charge in [0, 0.05) is 6.20 Å². The predicted molar refractivity (Wildman–Crippen MR) is 107 cm³/mol. The third-order valence-electron chi connectivity index (χ3n) is 5.28. The molecular weight excluding hydrogens is 411 g/mol. The van der Waals surface area contributed by atoms with Gasteiger partial charge in [0.15, 0.2) is 11.5 Å². The smallest absolute Gasteiger partial charge is 0.397 e. The molecule has 1 amide bonds. The molecule has 1 aliphatic heterocycles. The van der Waals surface area contributed by atoms with E-state index in [0.29, 0.717) is 12.0 Å². The van der Waals surface area contributed by atoms with Crippen LogP contribution < -0.4 is 11.1 Å². The second-order valence-corrected chi connectivity index (χ2v) is 7.37. The number of carbonyl (C=O) groups excluding carboxylic acids is 2. The summed E-state index contributed by atoms with van der Waals surface area (Å²) >= 11 is 0. The van der Waals surface area contributed by atoms with Crippen LogP contribution >= 0.6 is 0 Å². The monoisotopic (exact) mass is 429 g/mol. The Morgan fingerprint density at radius 1 is 1.23 bits per heavy atom. The van der Waals surface area contributed by atoms with Crippen LogP contribution in [0, 0.1) is 0 Å². The van der Waals surface area contributed by atoms with Gasteiger partial charge in [-0.15, -0.1) is 0 Å². The van der Waals surface area contributed by atoms with Crippen LogP contribution in [0.3, 0.4) is 0 Å². The number of hydrogen-bond donors (Lipinski definition) is 2. The Hall–Kier alpha value is -3.69. The second kappa shape index (κ2) is 7.53. The maximum Gasteiger partial charge on any atom is 0.416 e. The first-order valence-corrected chi connectivity index (χ1v) is 9.47. The standard InChI is InChI=1S/C21H18F3N5O2/c1-11-9-14(12-4-6-13(7-5-12)21(22,23)24)19(30)18-16(10-27-29(11)18)28-20(31)17-15(25)3-2-8-26-17/h2-8,10-11,14H,9,25H2,1H3,(H,28,31)/t11-,14?/m0/s1. The summed E-state index contributed by atoms with van der Waals surface area (Å²) < 4.78 is 40.1. The molecule has 1 aliphatic rings. The molecule has 3 aromatic rings. The summed E-state index contributed by atoms with van der Waals surface area (Å²) in [4.78, 5) is 29.8. The lowest BCUT2D eigenvalue weighted by atomic mass is 9.84. The van der Waals surface area contributed by atoms with E-state index >= 15 is 0 Å². The molecule has 3 heterocycles. The number of nitrogens with one attached hydrogen (secondary N) is 1. The van der Waals surface area contributed by atoms with Crippen molar-refractivity contribution in [3.8, 4) is 0 Å². The van der Waals surface area contributed by atoms with Gasteiger partial charge in [0.2, 0.25) is 0 Å². The number of pyridine rings is 1. The number of hydrogen-bond acceptors (Lipinski definition) is 5. The van der Waals surface area contributed by atoms with Crippen molar-refractivity contribution in [2.24, 2.45) is 0 Å². The zero-order valence-corrected chi connectivity index (χ0v) is 16.3. The third kappa shape index (κ3) is 3.76. The molecule has 2 aromatic heterocycles. The lowest BCUT2D eigenvalue weighted by Gasteiger charge is -2.28. The topological polar surface area (TPSA) is 103 Å². The first-order valence-electron chi connectivity index (χ1n) is 9.47. The molecule has 0 aliphatic carbocycles. The quantitative estimate of drug-likeness (QED) is 0.654. The van der Waals surface area contributed by atoms with Crippen LogP contribution in [0.25, 0.3) is 0 Å². The Balaban J connectivity index is 1.64. The van der Waals surface area contributed by atoms with Crippen molar-refractivity contribution in [1.29, 1.82) is 0 Å². The summed E-state index contributed by atoms with van der Waals surface area (Å²) in [6.07, 6.45) is -1.28. The number of carbonyl (C=O) groups is 2. The third-order valence-corrected chi connectivity index (χ3v) is 5.28. The molecule has 1 aromatic carbocycles. The fourth-order valence-electron chi connectivity index (χ4n) is 3.73. The normalized spacial score (nSPS) is 18.5. The number of benzene rings is 1. The number of aromatic nitrogens is 3. The Morgan fingerprint density at radius 3 is 2.58 bits per heavy atom. The van der Waals surface area contributed by atoms with Crippen LogP contribution in [0.1, 0.15) is 57.4 Å². The van der Waals surface area contributed by atoms with Crippen LogP contribution in [0.4, 0.5) is 24.5 Å². The summed E-state index contributed by atoms with van der Waals surface area (Å²) in [7, 11) is 0. The number of nitrogen functional groups attached to an aromatic ring is 1. The molecule has 4 rings (SSSR count). The van der Waals surface area contributed by atoms with E-state index in [-0.39, 0.29) is 34.6 Å². The molecule has 0 radical (unpaired) electrons. The highest BCUT2D eigenvalue weighted by molar-refractivity contribution is 6.11. The summed E-state index contributed by atoms with van der Waals surface area (Å²) in [5.41, 5.74) is 6.06. The summed E-state index contributed by atoms with van der Waals surface area (Å²) in [6, 6.07) is 7.48. The van der Waals surface area contributed by atoms with E-state index in [4.69, 9.17) is 5.73 Å². The molecule has 10 heteroatoms. The summed E-state index contributed by atoms with van der Waals surface area (Å²) in [5, 5.41) is 6.84. The van der Waals surface area contributed by atoms with E-state index < -0.39 is 23.6 Å². The lowest BCUT2D eigenvalue weighted by molar-refractivity contribution is -0.137. The molecule has 1 unspecified atom stereocenters. The summed E-state index contributed by atoms with van der Waals surface area (Å²) in [6.45, 7) is 1.85. The number of Topliss-reactive ketones (excluding diaryl/α,β-unsaturated/α-hetero) is 1. The minimum Gasteiger partial charge on any atom is -0.397 e. The second-order valence-electron chi connectivity index (χ2n) is 7.37. The zero-order chi connectivity index (χ0) is 22.3. The first kappa shape index (κ1) is 20.6. The van der Waals surface area contributed by atoms with Crippen molar-refractivity contribution in [3.63, 3.8) is 0 Å². The number of nitrogens with zero attached hydrogens (tertiary/aromatic N) is 3. The van der Waals surface area contributed by atoms with Gasteiger partial charge in [0.05, 0.1) is 35.1 Å². The summed E-state index contributed by atoms with van der Waals surface area (Å²) in [5.74, 6) is -1.58. The van der Waals surface area contributed by atoms with Crippen LogP contribution in [0.2, 0.25) is 0 Å². The van der Waals surface area contributed by atoms with Crippen molar-refractivity contribution in [2.45, 2.75) is 31.5 Å². The minimum atomic E-state index is -4.45. The van der Waals surface area contributed by atoms with Gasteiger partial charge in [-0.05, 0) is 43.2 Å². The van der Waals surface area contributed by atoms with Crippen molar-refractivity contribution >= 4 is 23.1 Å². The molecule has 0 saturated heterocycles. The van der Waals surface area contributed by atoms with Crippen molar-refractivity contribution < 1.29 is 22.8 Å². The number of alkyl halides is 3. The van der Waals surface area contributed by atoms with Gasteiger partial charge >= 0.3 is 6.18 Å². The number of ketones is 1. The van der Waals surface area contributed by atoms with Crippen molar-refractivity contribution in [1.82, 2.24) is 14.8 Å². The predicted octanol–water partition coefficient (Wildman–Crippen LogP) is 4.06. The molecule has 3 N–H and O–H groups in total. The van der Waals surface area contributed by atoms with E-state index in [2.05, 4.69) is 15.4 Å². The molecule has 0 bridgehead atoms. The fraction of sp³-hybridized carbons (Fsp3) is 0.238. The van der Waals surface area contributed by atoms with Gasteiger partial charge in [0.1, 0.15) is 5.69 Å². The van der Waals surface area contributed by atoms with E-state index in [1.165, 1.54) is 35.3 Å². The maximum absolute atomic E-state index is 13.2. The molecule has 2 atom stereocenters. The number of fused-ring (bicyclic) bond motifs is 1. The highest BCUT2D eigenvalue weighted by Crippen LogP contribution is 2.39. The molecule has 0 saturated carbocycles. The highest BCUT2D eigenvalue weighted by atomic mass is 19.4. The van der Waals surface area contributed by atoms with Crippen LogP contribution in [-0.2, 0) is 6.18 Å². The number of halogens is 3. The van der Waals surface area contributed by atoms with Gasteiger partial charge in [-0.1, -0.05) is 12.1 Å². The van der Waals surface area contributed by atoms with E-state index in [9.17, 15) is 22.8 Å². The van der Waals surface area contributed by atoms with Gasteiger partial charge in [0.25, 0.3) is 5.91 Å². The average Bonchev–Trinajstić information content (AvgIpc) is 3.15. The van der Waals surface area contributed by atoms with Crippen molar-refractivity contribution in [2.75, 3.05) is 11.1 Å². The molecule has 160 valence electrons. The average molecular weight is 429 g/mol. The van der Waals surface area contributed by atoms with E-state index in [1.54, 1.807) is 6.07 Å². The first-order chi connectivity index (χ1) is 14.7. The Bertz CT molecular complexity index is 1150. The van der Waals surface area contributed by atoms with Gasteiger partial charge < -0.3 is 11.1 Å². The molecule has 0 spiro atoms. The number of anilines is 2. The van der Waals surface area contributed by atoms with Crippen LogP contribution in [-0.4, -0.2) is 26.5 Å². The van der Waals surface area contributed by atoms with E-state index in [0.717, 1.165) is 12.1 Å². The Kier molecular flexibility index (Phi) is 5.00. The molecular formula is C21H18F3N5O2. The Labute approximate surface area is 175 Å². The van der Waals surface area contributed by atoms with Gasteiger partial charge in [-0.25, -0.2) is 4.98 Å². The number of amides is 1. The largest absolute Gasteiger partial charge is 0.416 e. The van der Waals surface area contributed by atoms with E-state index in [1.807, 2.05) is 6.92 Å². The SMILES string of the molecule is C[C@H]1CC(c2ccc(C(F)(F)F)cc2)C(=O)c2c(NC(=O)c3ncccc3N)cnn21. The maximum atomic E-state index is 13.2. The fourth-order valence-corrected chi connectivity index (χ4v) is 3.73. The van der Waals surface area contributed by atoms with Gasteiger partial charge in [-0.3, -0.25) is 14.3 Å². The number of nitrogens with two attached hydrogens (primary N) is 1. The Morgan fingerprint density at radius 2 is 1.94 bits per heavy atom. The lowest BCUT2D eigenvalue weighted by Crippen LogP contribution is -2.29. The van der Waals surface area contributed by atoms with Gasteiger partial charge in [-0.2, -0.15) is 18.3 Å². The highest BCUT2D eigenvalue weighted by Gasteiger charge is 2.37. The van der Waals surface area contributed by atoms with Crippen molar-refractivity contribution in [3.05, 3.63) is 71.3 Å². The molecule has 7 nitrogen and oxygen atoms in total. The van der Waals surface area contributed by atoms with Crippen LogP contribution in [0.15, 0.2) is 48.8 Å². The molecule has 0 fully saturated rings. The number of rotatable bonds is 3. The zero-order valence-electron chi connectivity index (χ0n) is 16.3.